The van der Waals surface area contributed by atoms with E-state index < -0.39 is 10.0 Å². The summed E-state index contributed by atoms with van der Waals surface area (Å²) >= 11 is 0. The zero-order valence-electron chi connectivity index (χ0n) is 19.3. The number of ether oxygens (including phenoxy) is 2. The number of hydrogen-bond donors (Lipinski definition) is 0. The second-order valence-electron chi connectivity index (χ2n) is 9.62. The summed E-state index contributed by atoms with van der Waals surface area (Å²) in [5.74, 6) is 2.46. The number of benzene rings is 2. The Labute approximate surface area is 191 Å². The van der Waals surface area contributed by atoms with Gasteiger partial charge < -0.3 is 14.4 Å². The first-order valence-corrected chi connectivity index (χ1v) is 12.9. The molecule has 6 nitrogen and oxygen atoms in total. The Kier molecular flexibility index (Phi) is 5.37. The predicted octanol–water partition coefficient (Wildman–Crippen LogP) is 4.45. The monoisotopic (exact) mass is 456 g/mol. The van der Waals surface area contributed by atoms with Gasteiger partial charge in [-0.05, 0) is 80.8 Å². The van der Waals surface area contributed by atoms with Gasteiger partial charge >= 0.3 is 0 Å². The van der Waals surface area contributed by atoms with Crippen LogP contribution in [0, 0.1) is 19.8 Å². The highest BCUT2D eigenvalue weighted by Gasteiger charge is 2.38. The van der Waals surface area contributed by atoms with Gasteiger partial charge in [0.25, 0.3) is 10.0 Å². The fourth-order valence-electron chi connectivity index (χ4n) is 5.90. The van der Waals surface area contributed by atoms with Crippen LogP contribution in [0.2, 0.25) is 0 Å². The number of aryl methyl sites for hydroxylation is 2. The van der Waals surface area contributed by atoms with Gasteiger partial charge in [-0.1, -0.05) is 18.6 Å². The van der Waals surface area contributed by atoms with Crippen molar-refractivity contribution >= 4 is 15.7 Å². The molecule has 0 N–H and O–H groups in total. The predicted molar refractivity (Wildman–Crippen MR) is 125 cm³/mol. The molecule has 3 unspecified atom stereocenters. The Bertz CT molecular complexity index is 1150. The summed E-state index contributed by atoms with van der Waals surface area (Å²) < 4.78 is 39.3. The van der Waals surface area contributed by atoms with E-state index in [2.05, 4.69) is 18.0 Å². The van der Waals surface area contributed by atoms with Crippen molar-refractivity contribution in [1.29, 1.82) is 0 Å². The van der Waals surface area contributed by atoms with E-state index in [-0.39, 0.29) is 6.79 Å². The van der Waals surface area contributed by atoms with E-state index in [0.717, 1.165) is 29.6 Å². The summed E-state index contributed by atoms with van der Waals surface area (Å²) in [6, 6.07) is 10.2. The summed E-state index contributed by atoms with van der Waals surface area (Å²) in [6.07, 6.45) is 5.16. The average molecular weight is 457 g/mol. The zero-order valence-corrected chi connectivity index (χ0v) is 20.1. The molecule has 2 aromatic rings. The van der Waals surface area contributed by atoms with Crippen molar-refractivity contribution in [2.75, 3.05) is 31.7 Å². The summed E-state index contributed by atoms with van der Waals surface area (Å²) in [7, 11) is 0.132. The van der Waals surface area contributed by atoms with E-state index in [9.17, 15) is 8.42 Å². The summed E-state index contributed by atoms with van der Waals surface area (Å²) in [5, 5.41) is 0. The van der Waals surface area contributed by atoms with Crippen LogP contribution in [0.1, 0.15) is 48.3 Å². The van der Waals surface area contributed by atoms with Crippen molar-refractivity contribution < 1.29 is 17.9 Å². The molecule has 7 heteroatoms. The van der Waals surface area contributed by atoms with Gasteiger partial charge in [0.2, 0.25) is 6.79 Å². The van der Waals surface area contributed by atoms with E-state index in [1.165, 1.54) is 35.6 Å². The van der Waals surface area contributed by atoms with Gasteiger partial charge in [-0.15, -0.1) is 0 Å². The molecule has 2 aromatic carbocycles. The maximum absolute atomic E-state index is 13.5. The van der Waals surface area contributed by atoms with Gasteiger partial charge in [-0.2, -0.15) is 0 Å². The molecule has 0 radical (unpaired) electrons. The third-order valence-corrected chi connectivity index (χ3v) is 9.55. The fourth-order valence-corrected chi connectivity index (χ4v) is 7.36. The van der Waals surface area contributed by atoms with Crippen LogP contribution in [-0.2, 0) is 10.0 Å². The number of piperidine rings is 1. The lowest BCUT2D eigenvalue weighted by Crippen LogP contribution is -2.43. The lowest BCUT2D eigenvalue weighted by molar-refractivity contribution is 0.126. The lowest BCUT2D eigenvalue weighted by Gasteiger charge is -2.40. The topological polar surface area (TPSA) is 59.1 Å². The minimum atomic E-state index is -3.71. The maximum Gasteiger partial charge on any atom is 0.264 e. The molecule has 172 valence electrons. The second kappa shape index (κ2) is 7.96. The lowest BCUT2D eigenvalue weighted by atomic mass is 9.81. The summed E-state index contributed by atoms with van der Waals surface area (Å²) in [6.45, 7) is 4.99. The molecule has 1 saturated carbocycles. The molecule has 1 aliphatic carbocycles. The average Bonchev–Trinajstić information content (AvgIpc) is 3.41. The number of likely N-dealkylation sites (tertiary alicyclic amines) is 1. The maximum atomic E-state index is 13.5. The molecule has 3 aliphatic rings. The molecular formula is C25H32N2O4S. The summed E-state index contributed by atoms with van der Waals surface area (Å²) in [5.41, 5.74) is 3.47. The molecule has 0 spiro atoms. The second-order valence-corrected chi connectivity index (χ2v) is 11.6. The minimum absolute atomic E-state index is 0.160. The highest BCUT2D eigenvalue weighted by molar-refractivity contribution is 7.92. The Morgan fingerprint density at radius 1 is 1.03 bits per heavy atom. The molecular weight excluding hydrogens is 424 g/mol. The van der Waals surface area contributed by atoms with Crippen molar-refractivity contribution in [2.24, 2.45) is 5.92 Å². The van der Waals surface area contributed by atoms with Crippen molar-refractivity contribution in [3.63, 3.8) is 0 Å². The normalized spacial score (nSPS) is 25.1. The van der Waals surface area contributed by atoms with Crippen molar-refractivity contribution in [3.05, 3.63) is 47.0 Å². The van der Waals surface area contributed by atoms with Crippen LogP contribution >= 0.6 is 0 Å². The van der Waals surface area contributed by atoms with Gasteiger partial charge in [-0.3, -0.25) is 4.31 Å². The Morgan fingerprint density at radius 3 is 2.53 bits per heavy atom. The highest BCUT2D eigenvalue weighted by Crippen LogP contribution is 2.43. The standard InChI is InChI=1S/C25H32N2O4S/c1-16-11-23-24(31-15-30-23)13-22(16)27(4)32(28,29)25-9-8-18(10-17(25)2)20-12-19-6-5-7-21(19)26(3)14-20/h8-11,13,19-21H,5-7,12,14-15H2,1-4H3. The molecule has 5 rings (SSSR count). The van der Waals surface area contributed by atoms with Crippen LogP contribution in [0.4, 0.5) is 5.69 Å². The van der Waals surface area contributed by atoms with E-state index in [4.69, 9.17) is 9.47 Å². The smallest absolute Gasteiger partial charge is 0.264 e. The first kappa shape index (κ1) is 21.6. The third-order valence-electron chi connectivity index (χ3n) is 7.62. The fraction of sp³-hybridized carbons (Fsp3) is 0.520. The van der Waals surface area contributed by atoms with Gasteiger partial charge in [0.05, 0.1) is 10.6 Å². The van der Waals surface area contributed by atoms with Crippen LogP contribution in [0.25, 0.3) is 0 Å². The number of anilines is 1. The van der Waals surface area contributed by atoms with E-state index in [0.29, 0.717) is 28.0 Å². The van der Waals surface area contributed by atoms with Crippen LogP contribution < -0.4 is 13.8 Å². The number of sulfonamides is 1. The van der Waals surface area contributed by atoms with Crippen LogP contribution in [-0.4, -0.2) is 46.8 Å². The first-order valence-electron chi connectivity index (χ1n) is 11.5. The van der Waals surface area contributed by atoms with E-state index in [1.807, 2.05) is 26.0 Å². The van der Waals surface area contributed by atoms with E-state index >= 15 is 0 Å². The van der Waals surface area contributed by atoms with Crippen LogP contribution in [0.5, 0.6) is 11.5 Å². The van der Waals surface area contributed by atoms with Crippen molar-refractivity contribution in [1.82, 2.24) is 4.90 Å². The minimum Gasteiger partial charge on any atom is -0.454 e. The first-order chi connectivity index (χ1) is 15.3. The van der Waals surface area contributed by atoms with Crippen LogP contribution in [0.15, 0.2) is 35.2 Å². The SMILES string of the molecule is Cc1cc2c(cc1N(C)S(=O)(=O)c1ccc(C3CC4CCCC4N(C)C3)cc1C)OCO2. The molecule has 0 bridgehead atoms. The van der Waals surface area contributed by atoms with E-state index in [1.54, 1.807) is 19.2 Å². The molecule has 0 aromatic heterocycles. The van der Waals surface area contributed by atoms with Gasteiger partial charge in [0.15, 0.2) is 11.5 Å². The molecule has 2 fully saturated rings. The van der Waals surface area contributed by atoms with Crippen molar-refractivity contribution in [3.8, 4) is 11.5 Å². The van der Waals surface area contributed by atoms with Gasteiger partial charge in [0, 0.05) is 25.7 Å². The van der Waals surface area contributed by atoms with Gasteiger partial charge in [-0.25, -0.2) is 8.42 Å². The van der Waals surface area contributed by atoms with Crippen molar-refractivity contribution in [2.45, 2.75) is 56.4 Å². The number of rotatable bonds is 4. The molecule has 2 aliphatic heterocycles. The largest absolute Gasteiger partial charge is 0.454 e. The molecule has 0 amide bonds. The molecule has 1 saturated heterocycles. The van der Waals surface area contributed by atoms with Crippen LogP contribution in [0.3, 0.4) is 0 Å². The quantitative estimate of drug-likeness (QED) is 0.681. The Hall–Kier alpha value is -2.25. The highest BCUT2D eigenvalue weighted by atomic mass is 32.2. The Morgan fingerprint density at radius 2 is 1.78 bits per heavy atom. The molecule has 2 heterocycles. The molecule has 32 heavy (non-hydrogen) atoms. The number of likely N-dealkylation sites (N-methyl/N-ethyl adjacent to an activating group) is 1. The number of hydrogen-bond acceptors (Lipinski definition) is 5. The number of fused-ring (bicyclic) bond motifs is 2. The third kappa shape index (κ3) is 3.55. The Balaban J connectivity index is 1.42. The zero-order chi connectivity index (χ0) is 22.6. The molecule has 3 atom stereocenters. The van der Waals surface area contributed by atoms with Gasteiger partial charge in [0.1, 0.15) is 0 Å². The summed E-state index contributed by atoms with van der Waals surface area (Å²) in [4.78, 5) is 2.87. The number of nitrogens with zero attached hydrogens (tertiary/aromatic N) is 2.